The van der Waals surface area contributed by atoms with Gasteiger partial charge in [0.25, 0.3) is 0 Å². The van der Waals surface area contributed by atoms with Crippen molar-refractivity contribution in [2.45, 2.75) is 39.8 Å². The zero-order valence-corrected chi connectivity index (χ0v) is 12.2. The van der Waals surface area contributed by atoms with Crippen LogP contribution in [0.1, 0.15) is 37.2 Å². The van der Waals surface area contributed by atoms with Crippen molar-refractivity contribution in [1.82, 2.24) is 14.9 Å². The number of nitrogens with zero attached hydrogens (tertiary/aromatic N) is 2. The van der Waals surface area contributed by atoms with Gasteiger partial charge in [-0.05, 0) is 43.1 Å². The van der Waals surface area contributed by atoms with E-state index >= 15 is 0 Å². The highest BCUT2D eigenvalue weighted by Crippen LogP contribution is 2.15. The summed E-state index contributed by atoms with van der Waals surface area (Å²) < 4.78 is 15.5. The Hall–Kier alpha value is -1.68. The molecular weight excluding hydrogens is 253 g/mol. The molecule has 20 heavy (non-hydrogen) atoms. The fourth-order valence-corrected chi connectivity index (χ4v) is 2.30. The van der Waals surface area contributed by atoms with E-state index in [1.807, 2.05) is 18.5 Å². The van der Waals surface area contributed by atoms with Crippen LogP contribution >= 0.6 is 0 Å². The molecule has 0 aliphatic heterocycles. The molecular formula is C16H22FN3. The van der Waals surface area contributed by atoms with Crippen molar-refractivity contribution in [3.05, 3.63) is 53.4 Å². The summed E-state index contributed by atoms with van der Waals surface area (Å²) in [7, 11) is 0. The third-order valence-electron chi connectivity index (χ3n) is 3.40. The Morgan fingerprint density at radius 3 is 2.85 bits per heavy atom. The van der Waals surface area contributed by atoms with Gasteiger partial charge in [0.15, 0.2) is 0 Å². The number of imidazole rings is 1. The third-order valence-corrected chi connectivity index (χ3v) is 3.40. The topological polar surface area (TPSA) is 29.9 Å². The van der Waals surface area contributed by atoms with Gasteiger partial charge in [-0.3, -0.25) is 0 Å². The first-order chi connectivity index (χ1) is 9.74. The van der Waals surface area contributed by atoms with Crippen LogP contribution in [0.3, 0.4) is 0 Å². The molecule has 2 rings (SSSR count). The van der Waals surface area contributed by atoms with Gasteiger partial charge in [-0.1, -0.05) is 13.0 Å². The second-order valence-corrected chi connectivity index (χ2v) is 4.90. The van der Waals surface area contributed by atoms with E-state index < -0.39 is 0 Å². The molecule has 0 saturated heterocycles. The number of hydrogen-bond donors (Lipinski definition) is 1. The summed E-state index contributed by atoms with van der Waals surface area (Å²) in [6, 6.07) is 5.02. The molecule has 3 nitrogen and oxygen atoms in total. The fourth-order valence-electron chi connectivity index (χ4n) is 2.30. The van der Waals surface area contributed by atoms with Crippen molar-refractivity contribution in [3.63, 3.8) is 0 Å². The molecule has 0 unspecified atom stereocenters. The number of halogens is 1. The number of benzene rings is 1. The Kier molecular flexibility index (Phi) is 5.30. The molecule has 0 fully saturated rings. The van der Waals surface area contributed by atoms with Crippen molar-refractivity contribution >= 4 is 0 Å². The molecule has 1 heterocycles. The molecule has 0 bridgehead atoms. The van der Waals surface area contributed by atoms with E-state index in [1.165, 1.54) is 6.07 Å². The van der Waals surface area contributed by atoms with Crippen molar-refractivity contribution in [1.29, 1.82) is 0 Å². The van der Waals surface area contributed by atoms with Gasteiger partial charge >= 0.3 is 0 Å². The van der Waals surface area contributed by atoms with Crippen LogP contribution in [0.25, 0.3) is 0 Å². The van der Waals surface area contributed by atoms with Crippen molar-refractivity contribution in [2.24, 2.45) is 0 Å². The Labute approximate surface area is 119 Å². The Bertz CT molecular complexity index is 548. The summed E-state index contributed by atoms with van der Waals surface area (Å²) in [5.41, 5.74) is 2.15. The highest BCUT2D eigenvalue weighted by atomic mass is 19.1. The maximum atomic E-state index is 13.4. The molecule has 0 saturated carbocycles. The largest absolute Gasteiger partial charge is 0.335 e. The quantitative estimate of drug-likeness (QED) is 0.787. The predicted octanol–water partition coefficient (Wildman–Crippen LogP) is 3.13. The number of hydrogen-bond acceptors (Lipinski definition) is 2. The van der Waals surface area contributed by atoms with Crippen LogP contribution in [-0.4, -0.2) is 16.1 Å². The maximum absolute atomic E-state index is 13.4. The minimum atomic E-state index is -0.180. The van der Waals surface area contributed by atoms with E-state index in [1.54, 1.807) is 6.07 Å². The second kappa shape index (κ2) is 7.20. The highest BCUT2D eigenvalue weighted by molar-refractivity contribution is 5.30. The van der Waals surface area contributed by atoms with Crippen LogP contribution < -0.4 is 5.32 Å². The standard InChI is InChI=1S/C16H22FN3/c1-3-7-18-12-14-10-15(17)6-5-13(14)11-16-19-8-9-20(16)4-2/h5-6,8-10,18H,3-4,7,11-12H2,1-2H3. The lowest BCUT2D eigenvalue weighted by molar-refractivity contribution is 0.616. The fraction of sp³-hybridized carbons (Fsp3) is 0.438. The Morgan fingerprint density at radius 2 is 2.10 bits per heavy atom. The number of aromatic nitrogens is 2. The average molecular weight is 275 g/mol. The number of aryl methyl sites for hydroxylation is 1. The highest BCUT2D eigenvalue weighted by Gasteiger charge is 2.08. The van der Waals surface area contributed by atoms with Crippen LogP contribution in [0.15, 0.2) is 30.6 Å². The molecule has 1 N–H and O–H groups in total. The van der Waals surface area contributed by atoms with E-state index in [4.69, 9.17) is 0 Å². The van der Waals surface area contributed by atoms with E-state index in [0.717, 1.165) is 42.9 Å². The van der Waals surface area contributed by atoms with Crippen LogP contribution in [0.2, 0.25) is 0 Å². The van der Waals surface area contributed by atoms with E-state index in [2.05, 4.69) is 28.7 Å². The van der Waals surface area contributed by atoms with Crippen molar-refractivity contribution in [3.8, 4) is 0 Å². The van der Waals surface area contributed by atoms with Gasteiger partial charge in [-0.15, -0.1) is 0 Å². The van der Waals surface area contributed by atoms with Gasteiger partial charge in [-0.2, -0.15) is 0 Å². The van der Waals surface area contributed by atoms with Gasteiger partial charge in [0.2, 0.25) is 0 Å². The van der Waals surface area contributed by atoms with Gasteiger partial charge in [-0.25, -0.2) is 9.37 Å². The smallest absolute Gasteiger partial charge is 0.123 e. The molecule has 1 aromatic heterocycles. The first kappa shape index (κ1) is 14.7. The number of rotatable bonds is 7. The summed E-state index contributed by atoms with van der Waals surface area (Å²) in [5, 5.41) is 3.33. The van der Waals surface area contributed by atoms with E-state index in [9.17, 15) is 4.39 Å². The molecule has 0 aliphatic carbocycles. The monoisotopic (exact) mass is 275 g/mol. The average Bonchev–Trinajstić information content (AvgIpc) is 2.89. The van der Waals surface area contributed by atoms with Gasteiger partial charge in [0.05, 0.1) is 0 Å². The van der Waals surface area contributed by atoms with Crippen LogP contribution in [0.5, 0.6) is 0 Å². The molecule has 0 radical (unpaired) electrons. The molecule has 0 amide bonds. The lowest BCUT2D eigenvalue weighted by Gasteiger charge is -2.11. The Balaban J connectivity index is 2.17. The van der Waals surface area contributed by atoms with E-state index in [-0.39, 0.29) is 5.82 Å². The lowest BCUT2D eigenvalue weighted by Crippen LogP contribution is -2.16. The lowest BCUT2D eigenvalue weighted by atomic mass is 10.0. The summed E-state index contributed by atoms with van der Waals surface area (Å²) >= 11 is 0. The van der Waals surface area contributed by atoms with E-state index in [0.29, 0.717) is 6.54 Å². The SMILES string of the molecule is CCCNCc1cc(F)ccc1Cc1nccn1CC. The summed E-state index contributed by atoms with van der Waals surface area (Å²) in [4.78, 5) is 4.39. The van der Waals surface area contributed by atoms with Gasteiger partial charge in [0, 0.05) is 31.9 Å². The molecule has 0 aliphatic rings. The van der Waals surface area contributed by atoms with Gasteiger partial charge < -0.3 is 9.88 Å². The summed E-state index contributed by atoms with van der Waals surface area (Å²) in [6.07, 6.45) is 5.61. The minimum absolute atomic E-state index is 0.180. The normalized spacial score (nSPS) is 10.9. The predicted molar refractivity (Wildman–Crippen MR) is 79.1 cm³/mol. The van der Waals surface area contributed by atoms with Crippen molar-refractivity contribution in [2.75, 3.05) is 6.54 Å². The van der Waals surface area contributed by atoms with Crippen LogP contribution in [0.4, 0.5) is 4.39 Å². The molecule has 108 valence electrons. The summed E-state index contributed by atoms with van der Waals surface area (Å²) in [5.74, 6) is 0.844. The van der Waals surface area contributed by atoms with Crippen LogP contribution in [0, 0.1) is 5.82 Å². The molecule has 0 atom stereocenters. The second-order valence-electron chi connectivity index (χ2n) is 4.90. The zero-order chi connectivity index (χ0) is 14.4. The zero-order valence-electron chi connectivity index (χ0n) is 12.2. The number of nitrogens with one attached hydrogen (secondary N) is 1. The molecule has 1 aromatic carbocycles. The Morgan fingerprint density at radius 1 is 1.25 bits per heavy atom. The molecule has 0 spiro atoms. The van der Waals surface area contributed by atoms with Crippen LogP contribution in [-0.2, 0) is 19.5 Å². The molecule has 4 heteroatoms. The minimum Gasteiger partial charge on any atom is -0.335 e. The first-order valence-electron chi connectivity index (χ1n) is 7.22. The summed E-state index contributed by atoms with van der Waals surface area (Å²) in [6.45, 7) is 6.77. The third kappa shape index (κ3) is 3.67. The van der Waals surface area contributed by atoms with Gasteiger partial charge in [0.1, 0.15) is 11.6 Å². The maximum Gasteiger partial charge on any atom is 0.123 e. The first-order valence-corrected chi connectivity index (χ1v) is 7.22. The van der Waals surface area contributed by atoms with Crippen molar-refractivity contribution < 1.29 is 4.39 Å². The molecule has 2 aromatic rings.